The third-order valence-corrected chi connectivity index (χ3v) is 13.3. The number of rotatable bonds is 37. The molecule has 5 atom stereocenters. The molecule has 2 N–H and O–H groups in total. The molecule has 0 saturated heterocycles. The van der Waals surface area contributed by atoms with E-state index < -0.39 is 0 Å². The minimum Gasteiger partial charge on any atom is -0.462 e. The molecule has 0 radical (unpaired) electrons. The summed E-state index contributed by atoms with van der Waals surface area (Å²) in [5.41, 5.74) is 6.92. The molecule has 6 heteroatoms. The van der Waals surface area contributed by atoms with E-state index in [0.717, 1.165) is 64.3 Å². The fourth-order valence-corrected chi connectivity index (χ4v) is 9.85. The van der Waals surface area contributed by atoms with E-state index in [1.54, 1.807) is 0 Å². The van der Waals surface area contributed by atoms with Gasteiger partial charge in [0.15, 0.2) is 0 Å². The molecule has 1 aliphatic rings. The van der Waals surface area contributed by atoms with Gasteiger partial charge in [-0.05, 0) is 103 Å². The smallest absolute Gasteiger partial charge is 0.306 e. The Morgan fingerprint density at radius 2 is 1.12 bits per heavy atom. The second kappa shape index (κ2) is 31.7. The van der Waals surface area contributed by atoms with Crippen LogP contribution in [-0.4, -0.2) is 55.2 Å². The lowest BCUT2D eigenvalue weighted by atomic mass is 9.67. The SMILES string of the molecule is CCCCCCCCC(OC(=O)CC1CCC(OC(=O)CCCN(C)C)C1CCCCC)C(C)(C)CC(C)(N)C(CCCCCCCC)CCCCCCCC. The van der Waals surface area contributed by atoms with Crippen molar-refractivity contribution < 1.29 is 19.1 Å². The van der Waals surface area contributed by atoms with Crippen LogP contribution in [0.2, 0.25) is 0 Å². The Balaban J connectivity index is 3.11. The molecule has 1 rings (SSSR count). The monoisotopic (exact) mass is 791 g/mol. The van der Waals surface area contributed by atoms with E-state index in [2.05, 4.69) is 53.4 Å². The molecule has 56 heavy (non-hydrogen) atoms. The first kappa shape index (κ1) is 52.9. The van der Waals surface area contributed by atoms with Crippen molar-refractivity contribution in [3.05, 3.63) is 0 Å². The quantitative estimate of drug-likeness (QED) is 0.0498. The van der Waals surface area contributed by atoms with Crippen LogP contribution >= 0.6 is 0 Å². The molecule has 1 aliphatic carbocycles. The second-order valence-electron chi connectivity index (χ2n) is 19.7. The van der Waals surface area contributed by atoms with Crippen LogP contribution in [0.1, 0.15) is 248 Å². The van der Waals surface area contributed by atoms with Crippen molar-refractivity contribution in [3.63, 3.8) is 0 Å². The Kier molecular flexibility index (Phi) is 30.0. The zero-order chi connectivity index (χ0) is 41.7. The number of hydrogen-bond donors (Lipinski definition) is 1. The van der Waals surface area contributed by atoms with Gasteiger partial charge in [0.2, 0.25) is 0 Å². The maximum atomic E-state index is 14.1. The van der Waals surface area contributed by atoms with Crippen molar-refractivity contribution in [1.82, 2.24) is 4.90 Å². The molecule has 0 bridgehead atoms. The summed E-state index contributed by atoms with van der Waals surface area (Å²) >= 11 is 0. The molecule has 0 aromatic heterocycles. The van der Waals surface area contributed by atoms with Gasteiger partial charge in [0.05, 0.1) is 0 Å². The number of carbonyl (C=O) groups excluding carboxylic acids is 2. The van der Waals surface area contributed by atoms with E-state index >= 15 is 0 Å². The number of nitrogens with zero attached hydrogens (tertiary/aromatic N) is 1. The summed E-state index contributed by atoms with van der Waals surface area (Å²) in [5, 5.41) is 0. The van der Waals surface area contributed by atoms with Crippen LogP contribution < -0.4 is 5.73 Å². The number of carbonyl (C=O) groups is 2. The topological polar surface area (TPSA) is 81.9 Å². The fourth-order valence-electron chi connectivity index (χ4n) is 9.85. The Hall–Kier alpha value is -1.14. The van der Waals surface area contributed by atoms with Gasteiger partial charge in [-0.2, -0.15) is 0 Å². The minimum atomic E-state index is -0.318. The van der Waals surface area contributed by atoms with Crippen LogP contribution in [0.15, 0.2) is 0 Å². The molecular formula is C50H98N2O4. The average molecular weight is 791 g/mol. The highest BCUT2D eigenvalue weighted by Gasteiger charge is 2.43. The third kappa shape index (κ3) is 24.1. The lowest BCUT2D eigenvalue weighted by Gasteiger charge is -2.44. The molecule has 0 heterocycles. The standard InChI is InChI=1S/C50H98N2O4/c1-10-14-18-21-24-28-32-43(33-29-25-22-19-15-11-2)50(7,51)41-49(5,6)46(35-30-26-23-20-16-12-3)56-48(54)40-42-37-38-45(44(42)34-27-17-13-4)55-47(53)36-31-39-52(8)9/h42-46H,10-41,51H2,1-9H3. The summed E-state index contributed by atoms with van der Waals surface area (Å²) in [4.78, 5) is 29.0. The lowest BCUT2D eigenvalue weighted by molar-refractivity contribution is -0.159. The van der Waals surface area contributed by atoms with Gasteiger partial charge in [0.1, 0.15) is 12.2 Å². The predicted octanol–water partition coefficient (Wildman–Crippen LogP) is 14.2. The molecule has 6 nitrogen and oxygen atoms in total. The molecule has 1 saturated carbocycles. The molecule has 0 aliphatic heterocycles. The van der Waals surface area contributed by atoms with E-state index in [1.807, 2.05) is 14.1 Å². The summed E-state index contributed by atoms with van der Waals surface area (Å²) in [5.74, 6) is 0.767. The molecule has 0 amide bonds. The number of esters is 2. The molecule has 1 fully saturated rings. The van der Waals surface area contributed by atoms with Crippen molar-refractivity contribution in [2.45, 2.75) is 265 Å². The van der Waals surface area contributed by atoms with Gasteiger partial charge in [-0.25, -0.2) is 0 Å². The second-order valence-corrected chi connectivity index (χ2v) is 19.7. The molecule has 332 valence electrons. The van der Waals surface area contributed by atoms with E-state index in [4.69, 9.17) is 15.2 Å². The average Bonchev–Trinajstić information content (AvgIpc) is 3.50. The Bertz CT molecular complexity index is 949. The number of ether oxygens (including phenoxy) is 2. The van der Waals surface area contributed by atoms with Crippen molar-refractivity contribution in [1.29, 1.82) is 0 Å². The van der Waals surface area contributed by atoms with E-state index in [1.165, 1.54) is 128 Å². The van der Waals surface area contributed by atoms with Gasteiger partial charge in [0, 0.05) is 23.8 Å². The van der Waals surface area contributed by atoms with E-state index in [9.17, 15) is 9.59 Å². The number of unbranched alkanes of at least 4 members (excludes halogenated alkanes) is 17. The van der Waals surface area contributed by atoms with Gasteiger partial charge < -0.3 is 20.1 Å². The summed E-state index contributed by atoms with van der Waals surface area (Å²) in [7, 11) is 4.07. The van der Waals surface area contributed by atoms with E-state index in [0.29, 0.717) is 18.8 Å². The van der Waals surface area contributed by atoms with E-state index in [-0.39, 0.29) is 46.9 Å². The zero-order valence-corrected chi connectivity index (χ0v) is 39.2. The highest BCUT2D eigenvalue weighted by atomic mass is 16.5. The van der Waals surface area contributed by atoms with Gasteiger partial charge in [-0.3, -0.25) is 9.59 Å². The summed E-state index contributed by atoms with van der Waals surface area (Å²) in [6, 6.07) is 0. The lowest BCUT2D eigenvalue weighted by Crippen LogP contribution is -2.50. The van der Waals surface area contributed by atoms with Crippen LogP contribution in [0.4, 0.5) is 0 Å². The van der Waals surface area contributed by atoms with Gasteiger partial charge in [0.25, 0.3) is 0 Å². The first-order valence-electron chi connectivity index (χ1n) is 24.6. The molecule has 0 spiro atoms. The Morgan fingerprint density at radius 1 is 0.643 bits per heavy atom. The molecule has 0 aromatic carbocycles. The van der Waals surface area contributed by atoms with Gasteiger partial charge in [-0.15, -0.1) is 0 Å². The highest BCUT2D eigenvalue weighted by molar-refractivity contribution is 5.70. The summed E-state index contributed by atoms with van der Waals surface area (Å²) in [6.07, 6.45) is 35.0. The van der Waals surface area contributed by atoms with Crippen LogP contribution in [0.25, 0.3) is 0 Å². The van der Waals surface area contributed by atoms with Crippen LogP contribution in [0, 0.1) is 23.2 Å². The Labute approximate surface area is 349 Å². The summed E-state index contributed by atoms with van der Waals surface area (Å²) < 4.78 is 12.8. The number of hydrogen-bond acceptors (Lipinski definition) is 6. The maximum Gasteiger partial charge on any atom is 0.306 e. The normalized spacial score (nSPS) is 19.1. The van der Waals surface area contributed by atoms with Crippen molar-refractivity contribution in [2.75, 3.05) is 20.6 Å². The third-order valence-electron chi connectivity index (χ3n) is 13.3. The van der Waals surface area contributed by atoms with Crippen molar-refractivity contribution in [2.24, 2.45) is 28.9 Å². The first-order valence-corrected chi connectivity index (χ1v) is 24.6. The van der Waals surface area contributed by atoms with Crippen LogP contribution in [0.3, 0.4) is 0 Å². The minimum absolute atomic E-state index is 0.0630. The maximum absolute atomic E-state index is 14.1. The van der Waals surface area contributed by atoms with Crippen molar-refractivity contribution in [3.8, 4) is 0 Å². The molecule has 5 unspecified atom stereocenters. The highest BCUT2D eigenvalue weighted by Crippen LogP contribution is 2.43. The number of nitrogens with two attached hydrogens (primary N) is 1. The van der Waals surface area contributed by atoms with Gasteiger partial charge in [-0.1, -0.05) is 170 Å². The van der Waals surface area contributed by atoms with Crippen molar-refractivity contribution >= 4 is 11.9 Å². The van der Waals surface area contributed by atoms with Gasteiger partial charge >= 0.3 is 11.9 Å². The molecule has 0 aromatic rings. The predicted molar refractivity (Wildman–Crippen MR) is 241 cm³/mol. The van der Waals surface area contributed by atoms with Crippen LogP contribution in [0.5, 0.6) is 0 Å². The molecular weight excluding hydrogens is 693 g/mol. The summed E-state index contributed by atoms with van der Waals surface area (Å²) in [6.45, 7) is 16.9. The fraction of sp³-hybridized carbons (Fsp3) is 0.960. The first-order chi connectivity index (χ1) is 26.8. The zero-order valence-electron chi connectivity index (χ0n) is 39.2. The Morgan fingerprint density at radius 3 is 1.64 bits per heavy atom. The largest absolute Gasteiger partial charge is 0.462 e. The van der Waals surface area contributed by atoms with Crippen LogP contribution in [-0.2, 0) is 19.1 Å².